The van der Waals surface area contributed by atoms with E-state index < -0.39 is 11.8 Å². The van der Waals surface area contributed by atoms with Crippen LogP contribution in [-0.2, 0) is 20.9 Å². The molecule has 0 N–H and O–H groups in total. The Labute approximate surface area is 199 Å². The molecular weight excluding hydrogens is 441 g/mol. The van der Waals surface area contributed by atoms with Crippen LogP contribution in [0, 0.1) is 23.1 Å². The number of ether oxygens (including phenoxy) is 4. The first-order valence-electron chi connectivity index (χ1n) is 11.2. The molecule has 7 nitrogen and oxygen atoms in total. The number of hydrogen-bond acceptors (Lipinski definition) is 7. The van der Waals surface area contributed by atoms with Crippen molar-refractivity contribution in [1.82, 2.24) is 0 Å². The normalized spacial score (nSPS) is 16.8. The van der Waals surface area contributed by atoms with Crippen LogP contribution in [-0.4, -0.2) is 32.3 Å². The predicted molar refractivity (Wildman–Crippen MR) is 123 cm³/mol. The second-order valence-electron chi connectivity index (χ2n) is 7.72. The molecule has 0 radical (unpaired) electrons. The van der Waals surface area contributed by atoms with E-state index in [0.29, 0.717) is 25.4 Å². The maximum atomic E-state index is 14.5. The highest BCUT2D eigenvalue weighted by molar-refractivity contribution is 5.93. The standard InChI is InChI=1S/C23H24FNO4.C3H6O2/c1-27-21-14-20(24)22(29-18-9-7-16(8-10-18)11-12-25)13-19(21)23(26)28-15-17-5-3-2-4-6-17;1-2-5-3-4/h2-6,13-14,16,18H,7-11,15H2,1H3;3H,2H2,1H3. The Balaban J connectivity index is 0.000000739. The average Bonchev–Trinajstić information content (AvgIpc) is 2.86. The van der Waals surface area contributed by atoms with Crippen LogP contribution in [0.2, 0.25) is 0 Å². The van der Waals surface area contributed by atoms with Crippen molar-refractivity contribution in [2.75, 3.05) is 13.7 Å². The fourth-order valence-corrected chi connectivity index (χ4v) is 3.59. The van der Waals surface area contributed by atoms with Crippen molar-refractivity contribution in [3.05, 3.63) is 59.4 Å². The van der Waals surface area contributed by atoms with Gasteiger partial charge in [-0.25, -0.2) is 9.18 Å². The monoisotopic (exact) mass is 471 g/mol. The quantitative estimate of drug-likeness (QED) is 0.365. The minimum Gasteiger partial charge on any atom is -0.496 e. The van der Waals surface area contributed by atoms with Gasteiger partial charge in [-0.3, -0.25) is 4.79 Å². The molecule has 0 atom stereocenters. The first-order valence-corrected chi connectivity index (χ1v) is 11.2. The van der Waals surface area contributed by atoms with Gasteiger partial charge in [-0.15, -0.1) is 0 Å². The Morgan fingerprint density at radius 2 is 1.85 bits per heavy atom. The van der Waals surface area contributed by atoms with E-state index in [1.807, 2.05) is 30.3 Å². The molecule has 34 heavy (non-hydrogen) atoms. The van der Waals surface area contributed by atoms with Gasteiger partial charge in [-0.05, 0) is 44.1 Å². The minimum absolute atomic E-state index is 0.0150. The van der Waals surface area contributed by atoms with Crippen LogP contribution in [0.1, 0.15) is 54.9 Å². The van der Waals surface area contributed by atoms with Gasteiger partial charge in [0.2, 0.25) is 0 Å². The van der Waals surface area contributed by atoms with Crippen molar-refractivity contribution in [2.45, 2.75) is 51.7 Å². The van der Waals surface area contributed by atoms with Gasteiger partial charge < -0.3 is 18.9 Å². The molecule has 0 heterocycles. The SMILES string of the molecule is CCOC=O.COc1cc(F)c(OC2CCC(CC#N)CC2)cc1C(=O)OCc1ccccc1. The van der Waals surface area contributed by atoms with Gasteiger partial charge in [0.1, 0.15) is 17.9 Å². The Morgan fingerprint density at radius 3 is 2.41 bits per heavy atom. The molecule has 0 saturated heterocycles. The van der Waals surface area contributed by atoms with E-state index in [0.717, 1.165) is 37.3 Å². The van der Waals surface area contributed by atoms with Crippen LogP contribution < -0.4 is 9.47 Å². The van der Waals surface area contributed by atoms with Gasteiger partial charge in [0.15, 0.2) is 11.6 Å². The van der Waals surface area contributed by atoms with Crippen LogP contribution in [0.5, 0.6) is 11.5 Å². The van der Waals surface area contributed by atoms with Crippen molar-refractivity contribution >= 4 is 12.4 Å². The minimum atomic E-state index is -0.603. The van der Waals surface area contributed by atoms with Gasteiger partial charge in [0, 0.05) is 18.6 Å². The number of carbonyl (C=O) groups excluding carboxylic acids is 2. The van der Waals surface area contributed by atoms with E-state index in [4.69, 9.17) is 19.5 Å². The number of esters is 1. The van der Waals surface area contributed by atoms with E-state index in [-0.39, 0.29) is 29.8 Å². The molecule has 1 saturated carbocycles. The first-order chi connectivity index (χ1) is 16.5. The number of benzene rings is 2. The summed E-state index contributed by atoms with van der Waals surface area (Å²) in [6.07, 6.45) is 3.67. The van der Waals surface area contributed by atoms with E-state index in [1.165, 1.54) is 13.2 Å². The van der Waals surface area contributed by atoms with Crippen molar-refractivity contribution in [3.8, 4) is 17.6 Å². The molecule has 2 aromatic carbocycles. The van der Waals surface area contributed by atoms with Crippen LogP contribution in [0.3, 0.4) is 0 Å². The lowest BCUT2D eigenvalue weighted by atomic mass is 9.86. The molecule has 182 valence electrons. The summed E-state index contributed by atoms with van der Waals surface area (Å²) in [7, 11) is 1.37. The molecule has 2 aromatic rings. The summed E-state index contributed by atoms with van der Waals surface area (Å²) >= 11 is 0. The van der Waals surface area contributed by atoms with Crippen molar-refractivity contribution in [1.29, 1.82) is 5.26 Å². The zero-order valence-electron chi connectivity index (χ0n) is 19.5. The lowest BCUT2D eigenvalue weighted by molar-refractivity contribution is -0.128. The maximum Gasteiger partial charge on any atom is 0.342 e. The Morgan fingerprint density at radius 1 is 1.15 bits per heavy atom. The summed E-state index contributed by atoms with van der Waals surface area (Å²) in [6.45, 7) is 2.78. The number of hydrogen-bond donors (Lipinski definition) is 0. The topological polar surface area (TPSA) is 94.9 Å². The molecule has 8 heteroatoms. The largest absolute Gasteiger partial charge is 0.496 e. The molecular formula is C26H30FNO6. The summed E-state index contributed by atoms with van der Waals surface area (Å²) in [4.78, 5) is 21.7. The number of nitriles is 1. The molecule has 1 aliphatic carbocycles. The van der Waals surface area contributed by atoms with Crippen LogP contribution in [0.15, 0.2) is 42.5 Å². The van der Waals surface area contributed by atoms with Crippen LogP contribution in [0.4, 0.5) is 4.39 Å². The van der Waals surface area contributed by atoms with Gasteiger partial charge in [0.25, 0.3) is 6.47 Å². The predicted octanol–water partition coefficient (Wildman–Crippen LogP) is 5.22. The lowest BCUT2D eigenvalue weighted by Crippen LogP contribution is -2.24. The van der Waals surface area contributed by atoms with Gasteiger partial charge in [-0.1, -0.05) is 30.3 Å². The zero-order valence-corrected chi connectivity index (χ0v) is 19.5. The van der Waals surface area contributed by atoms with Gasteiger partial charge in [0.05, 0.1) is 25.9 Å². The third-order valence-corrected chi connectivity index (χ3v) is 5.39. The molecule has 0 amide bonds. The Bertz CT molecular complexity index is 952. The van der Waals surface area contributed by atoms with Crippen molar-refractivity contribution in [3.63, 3.8) is 0 Å². The van der Waals surface area contributed by atoms with E-state index in [2.05, 4.69) is 10.8 Å². The van der Waals surface area contributed by atoms with E-state index in [9.17, 15) is 14.0 Å². The highest BCUT2D eigenvalue weighted by atomic mass is 19.1. The van der Waals surface area contributed by atoms with Crippen LogP contribution in [0.25, 0.3) is 0 Å². The van der Waals surface area contributed by atoms with Gasteiger partial charge in [-0.2, -0.15) is 5.26 Å². The second kappa shape index (κ2) is 14.5. The summed E-state index contributed by atoms with van der Waals surface area (Å²) in [5.41, 5.74) is 0.977. The molecule has 1 aliphatic rings. The number of halogens is 1. The third kappa shape index (κ3) is 8.39. The highest BCUT2D eigenvalue weighted by Crippen LogP contribution is 2.33. The Kier molecular flexibility index (Phi) is 11.4. The summed E-state index contributed by atoms with van der Waals surface area (Å²) < 4.78 is 35.0. The first kappa shape index (κ1) is 26.7. The second-order valence-corrected chi connectivity index (χ2v) is 7.72. The molecule has 1 fully saturated rings. The zero-order chi connectivity index (χ0) is 24.8. The summed E-state index contributed by atoms with van der Waals surface area (Å²) in [6, 6.07) is 14.0. The summed E-state index contributed by atoms with van der Waals surface area (Å²) in [5, 5.41) is 8.82. The lowest BCUT2D eigenvalue weighted by Gasteiger charge is -2.28. The smallest absolute Gasteiger partial charge is 0.342 e. The molecule has 0 spiro atoms. The number of nitrogens with zero attached hydrogens (tertiary/aromatic N) is 1. The highest BCUT2D eigenvalue weighted by Gasteiger charge is 2.25. The van der Waals surface area contributed by atoms with Crippen LogP contribution >= 0.6 is 0 Å². The fourth-order valence-electron chi connectivity index (χ4n) is 3.59. The molecule has 3 rings (SSSR count). The molecule has 0 aromatic heterocycles. The van der Waals surface area contributed by atoms with Crippen molar-refractivity contribution < 1.29 is 32.9 Å². The third-order valence-electron chi connectivity index (χ3n) is 5.39. The fraction of sp³-hybridized carbons (Fsp3) is 0.423. The summed E-state index contributed by atoms with van der Waals surface area (Å²) in [5.74, 6) is -0.690. The van der Waals surface area contributed by atoms with E-state index in [1.54, 1.807) is 6.92 Å². The number of methoxy groups -OCH3 is 1. The molecule has 0 unspecified atom stereocenters. The average molecular weight is 472 g/mol. The van der Waals surface area contributed by atoms with Crippen molar-refractivity contribution in [2.24, 2.45) is 5.92 Å². The van der Waals surface area contributed by atoms with Gasteiger partial charge >= 0.3 is 5.97 Å². The van der Waals surface area contributed by atoms with E-state index >= 15 is 0 Å². The maximum absolute atomic E-state index is 14.5. The number of rotatable bonds is 9. The molecule has 0 bridgehead atoms. The Hall–Kier alpha value is -3.60. The molecule has 0 aliphatic heterocycles. The number of carbonyl (C=O) groups is 2.